The van der Waals surface area contributed by atoms with Crippen molar-refractivity contribution >= 4 is 5.91 Å². The number of hydrogen-bond donors (Lipinski definition) is 1. The minimum atomic E-state index is -0.289. The Bertz CT molecular complexity index is 236. The van der Waals surface area contributed by atoms with E-state index in [2.05, 4.69) is 0 Å². The highest BCUT2D eigenvalue weighted by Gasteiger charge is 2.37. The van der Waals surface area contributed by atoms with Gasteiger partial charge in [0, 0.05) is 18.5 Å². The van der Waals surface area contributed by atoms with Gasteiger partial charge < -0.3 is 10.0 Å². The Kier molecular flexibility index (Phi) is 3.29. The molecule has 15 heavy (non-hydrogen) atoms. The number of piperidine rings is 1. The Hall–Kier alpha value is -0.570. The fourth-order valence-corrected chi connectivity index (χ4v) is 2.49. The number of aliphatic hydroxyl groups excluding tert-OH is 1. The highest BCUT2D eigenvalue weighted by Crippen LogP contribution is 2.34. The van der Waals surface area contributed by atoms with Crippen LogP contribution in [0.15, 0.2) is 0 Å². The Morgan fingerprint density at radius 1 is 1.40 bits per heavy atom. The molecular weight excluding hydrogens is 190 g/mol. The zero-order valence-corrected chi connectivity index (χ0v) is 9.48. The second-order valence-electron chi connectivity index (χ2n) is 5.04. The first-order valence-corrected chi connectivity index (χ1v) is 6.17. The molecule has 2 rings (SSSR count). The van der Waals surface area contributed by atoms with E-state index in [1.54, 1.807) is 0 Å². The van der Waals surface area contributed by atoms with Gasteiger partial charge in [0.2, 0.25) is 5.91 Å². The van der Waals surface area contributed by atoms with E-state index in [9.17, 15) is 9.90 Å². The summed E-state index contributed by atoms with van der Waals surface area (Å²) in [6, 6.07) is 0.298. The molecule has 1 saturated carbocycles. The van der Waals surface area contributed by atoms with Crippen molar-refractivity contribution in [1.82, 2.24) is 4.90 Å². The van der Waals surface area contributed by atoms with Crippen LogP contribution in [0.4, 0.5) is 0 Å². The Labute approximate surface area is 91.5 Å². The van der Waals surface area contributed by atoms with Gasteiger partial charge in [0.15, 0.2) is 0 Å². The van der Waals surface area contributed by atoms with Gasteiger partial charge in [0.05, 0.1) is 6.10 Å². The van der Waals surface area contributed by atoms with Crippen molar-refractivity contribution < 1.29 is 9.90 Å². The van der Waals surface area contributed by atoms with Crippen LogP contribution >= 0.6 is 0 Å². The molecule has 2 aliphatic rings. The zero-order chi connectivity index (χ0) is 10.8. The van der Waals surface area contributed by atoms with Crippen molar-refractivity contribution in [2.75, 3.05) is 6.54 Å². The van der Waals surface area contributed by atoms with E-state index in [0.717, 1.165) is 38.6 Å². The number of carbonyl (C=O) groups excluding carboxylic acids is 1. The summed E-state index contributed by atoms with van der Waals surface area (Å²) in [5.41, 5.74) is 0. The molecule has 0 bridgehead atoms. The van der Waals surface area contributed by atoms with Crippen LogP contribution in [-0.4, -0.2) is 34.6 Å². The van der Waals surface area contributed by atoms with Crippen molar-refractivity contribution in [2.45, 2.75) is 57.6 Å². The van der Waals surface area contributed by atoms with E-state index >= 15 is 0 Å². The predicted octanol–water partition coefficient (Wildman–Crippen LogP) is 1.55. The Balaban J connectivity index is 1.95. The van der Waals surface area contributed by atoms with Crippen molar-refractivity contribution in [1.29, 1.82) is 0 Å². The van der Waals surface area contributed by atoms with Crippen LogP contribution in [0.1, 0.15) is 45.4 Å². The summed E-state index contributed by atoms with van der Waals surface area (Å²) in [6.07, 6.45) is 6.03. The monoisotopic (exact) mass is 211 g/mol. The van der Waals surface area contributed by atoms with Crippen LogP contribution in [0.5, 0.6) is 0 Å². The number of nitrogens with zero attached hydrogens (tertiary/aromatic N) is 1. The number of rotatable bonds is 3. The van der Waals surface area contributed by atoms with Gasteiger partial charge in [-0.1, -0.05) is 0 Å². The van der Waals surface area contributed by atoms with Gasteiger partial charge in [0.25, 0.3) is 0 Å². The van der Waals surface area contributed by atoms with E-state index in [4.69, 9.17) is 0 Å². The molecule has 2 atom stereocenters. The van der Waals surface area contributed by atoms with Gasteiger partial charge in [-0.3, -0.25) is 4.79 Å². The third-order valence-corrected chi connectivity index (χ3v) is 3.45. The first-order valence-electron chi connectivity index (χ1n) is 6.17. The van der Waals surface area contributed by atoms with E-state index in [1.807, 2.05) is 11.8 Å². The van der Waals surface area contributed by atoms with Crippen molar-refractivity contribution in [3.8, 4) is 0 Å². The normalized spacial score (nSPS) is 28.9. The lowest BCUT2D eigenvalue weighted by molar-refractivity contribution is -0.136. The summed E-state index contributed by atoms with van der Waals surface area (Å²) in [6.45, 7) is 2.72. The summed E-state index contributed by atoms with van der Waals surface area (Å²) in [4.78, 5) is 14.0. The first kappa shape index (κ1) is 10.9. The van der Waals surface area contributed by atoms with Crippen molar-refractivity contribution in [2.24, 2.45) is 5.92 Å². The molecule has 0 radical (unpaired) electrons. The largest absolute Gasteiger partial charge is 0.393 e. The van der Waals surface area contributed by atoms with Gasteiger partial charge in [-0.05, 0) is 45.4 Å². The van der Waals surface area contributed by atoms with Crippen LogP contribution in [-0.2, 0) is 4.79 Å². The number of likely N-dealkylation sites (tertiary alicyclic amines) is 1. The van der Waals surface area contributed by atoms with Crippen LogP contribution in [0.25, 0.3) is 0 Å². The molecule has 1 heterocycles. The predicted molar refractivity (Wildman–Crippen MR) is 58.4 cm³/mol. The highest BCUT2D eigenvalue weighted by atomic mass is 16.3. The highest BCUT2D eigenvalue weighted by molar-refractivity contribution is 5.81. The molecule has 0 aromatic rings. The lowest BCUT2D eigenvalue weighted by Gasteiger charge is -2.36. The van der Waals surface area contributed by atoms with E-state index in [0.29, 0.717) is 17.9 Å². The molecule has 3 nitrogen and oxygen atoms in total. The smallest absolute Gasteiger partial charge is 0.225 e. The van der Waals surface area contributed by atoms with Gasteiger partial charge >= 0.3 is 0 Å². The molecule has 1 aliphatic carbocycles. The maximum atomic E-state index is 12.0. The minimum absolute atomic E-state index is 0.289. The molecule has 1 amide bonds. The fourth-order valence-electron chi connectivity index (χ4n) is 2.49. The summed E-state index contributed by atoms with van der Waals surface area (Å²) in [5, 5.41) is 9.42. The molecule has 0 aromatic carbocycles. The molecular formula is C12H21NO2. The topological polar surface area (TPSA) is 40.5 Å². The maximum absolute atomic E-state index is 12.0. The number of aliphatic hydroxyl groups is 1. The minimum Gasteiger partial charge on any atom is -0.393 e. The summed E-state index contributed by atoms with van der Waals surface area (Å²) < 4.78 is 0. The van der Waals surface area contributed by atoms with Crippen molar-refractivity contribution in [3.05, 3.63) is 0 Å². The second kappa shape index (κ2) is 4.52. The average molecular weight is 211 g/mol. The third kappa shape index (κ3) is 2.71. The molecule has 1 saturated heterocycles. The molecule has 1 N–H and O–H groups in total. The van der Waals surface area contributed by atoms with E-state index in [-0.39, 0.29) is 6.10 Å². The lowest BCUT2D eigenvalue weighted by Crippen LogP contribution is -2.45. The number of amides is 1. The maximum Gasteiger partial charge on any atom is 0.225 e. The van der Waals surface area contributed by atoms with Gasteiger partial charge in [0.1, 0.15) is 0 Å². The van der Waals surface area contributed by atoms with Crippen LogP contribution in [0, 0.1) is 5.92 Å². The van der Waals surface area contributed by atoms with Crippen LogP contribution in [0.3, 0.4) is 0 Å². The van der Waals surface area contributed by atoms with E-state index in [1.165, 1.54) is 6.42 Å². The summed E-state index contributed by atoms with van der Waals surface area (Å²) in [7, 11) is 0. The molecule has 1 aliphatic heterocycles. The second-order valence-corrected chi connectivity index (χ2v) is 5.04. The molecule has 86 valence electrons. The first-order chi connectivity index (χ1) is 7.18. The molecule has 0 spiro atoms. The standard InChI is InChI=1S/C12H21NO2/c1-9(14)8-11-4-2-3-7-13(11)12(15)10-5-6-10/h9-11,14H,2-8H2,1H3. The third-order valence-electron chi connectivity index (χ3n) is 3.45. The molecule has 3 heteroatoms. The van der Waals surface area contributed by atoms with E-state index < -0.39 is 0 Å². The molecule has 0 aromatic heterocycles. The average Bonchev–Trinajstić information content (AvgIpc) is 3.00. The van der Waals surface area contributed by atoms with Crippen molar-refractivity contribution in [3.63, 3.8) is 0 Å². The quantitative estimate of drug-likeness (QED) is 0.769. The number of hydrogen-bond acceptors (Lipinski definition) is 2. The SMILES string of the molecule is CC(O)CC1CCCCN1C(=O)C1CC1. The van der Waals surface area contributed by atoms with Gasteiger partial charge in [-0.15, -0.1) is 0 Å². The summed E-state index contributed by atoms with van der Waals surface area (Å²) >= 11 is 0. The zero-order valence-electron chi connectivity index (χ0n) is 9.48. The molecule has 2 unspecified atom stereocenters. The lowest BCUT2D eigenvalue weighted by atomic mass is 9.96. The summed E-state index contributed by atoms with van der Waals surface area (Å²) in [5.74, 6) is 0.667. The number of carbonyl (C=O) groups is 1. The molecule has 2 fully saturated rings. The van der Waals surface area contributed by atoms with Gasteiger partial charge in [-0.25, -0.2) is 0 Å². The Morgan fingerprint density at radius 2 is 2.13 bits per heavy atom. The van der Waals surface area contributed by atoms with Crippen LogP contribution in [0.2, 0.25) is 0 Å². The fraction of sp³-hybridized carbons (Fsp3) is 0.917. The van der Waals surface area contributed by atoms with Crippen LogP contribution < -0.4 is 0 Å². The van der Waals surface area contributed by atoms with Gasteiger partial charge in [-0.2, -0.15) is 0 Å². The Morgan fingerprint density at radius 3 is 2.73 bits per heavy atom.